The molecule has 0 saturated carbocycles. The van der Waals surface area contributed by atoms with Crippen molar-refractivity contribution in [3.63, 3.8) is 0 Å². The summed E-state index contributed by atoms with van der Waals surface area (Å²) in [6, 6.07) is 9.78. The van der Waals surface area contributed by atoms with E-state index in [9.17, 15) is 9.59 Å². The van der Waals surface area contributed by atoms with Crippen molar-refractivity contribution < 1.29 is 19.1 Å². The van der Waals surface area contributed by atoms with Gasteiger partial charge >= 0.3 is 5.97 Å². The number of nitrogens with zero attached hydrogens (tertiary/aromatic N) is 3. The van der Waals surface area contributed by atoms with Gasteiger partial charge in [0.05, 0.1) is 23.9 Å². The van der Waals surface area contributed by atoms with E-state index >= 15 is 0 Å². The van der Waals surface area contributed by atoms with Gasteiger partial charge in [0.25, 0.3) is 5.91 Å². The molecule has 0 spiro atoms. The van der Waals surface area contributed by atoms with E-state index in [1.165, 1.54) is 14.0 Å². The normalized spacial score (nSPS) is 11.9. The van der Waals surface area contributed by atoms with E-state index in [1.54, 1.807) is 41.1 Å². The smallest absolute Gasteiger partial charge is 0.338 e. The highest BCUT2D eigenvalue weighted by Crippen LogP contribution is 2.28. The van der Waals surface area contributed by atoms with Crippen LogP contribution in [0.15, 0.2) is 36.4 Å². The summed E-state index contributed by atoms with van der Waals surface area (Å²) < 4.78 is 12.2. The van der Waals surface area contributed by atoms with Gasteiger partial charge in [-0.25, -0.2) is 9.48 Å². The third-order valence-electron chi connectivity index (χ3n) is 4.12. The first kappa shape index (κ1) is 19.6. The summed E-state index contributed by atoms with van der Waals surface area (Å²) >= 11 is 5.96. The Morgan fingerprint density at radius 1 is 1.25 bits per heavy atom. The lowest BCUT2D eigenvalue weighted by atomic mass is 10.2. The predicted molar refractivity (Wildman–Crippen MR) is 105 cm³/mol. The van der Waals surface area contributed by atoms with Crippen molar-refractivity contribution in [1.82, 2.24) is 15.0 Å². The molecule has 28 heavy (non-hydrogen) atoms. The van der Waals surface area contributed by atoms with E-state index in [2.05, 4.69) is 15.6 Å². The zero-order valence-electron chi connectivity index (χ0n) is 15.6. The Labute approximate surface area is 166 Å². The van der Waals surface area contributed by atoms with Crippen LogP contribution in [0.4, 0.5) is 5.69 Å². The molecule has 0 aliphatic heterocycles. The van der Waals surface area contributed by atoms with Crippen molar-refractivity contribution in [3.05, 3.63) is 47.0 Å². The van der Waals surface area contributed by atoms with Crippen molar-refractivity contribution in [2.45, 2.75) is 26.5 Å². The van der Waals surface area contributed by atoms with Gasteiger partial charge in [0.2, 0.25) is 0 Å². The molecule has 3 rings (SSSR count). The number of halogens is 1. The van der Waals surface area contributed by atoms with Crippen molar-refractivity contribution in [1.29, 1.82) is 0 Å². The zero-order valence-corrected chi connectivity index (χ0v) is 16.4. The molecule has 8 nitrogen and oxygen atoms in total. The van der Waals surface area contributed by atoms with Gasteiger partial charge < -0.3 is 14.8 Å². The lowest BCUT2D eigenvalue weighted by Gasteiger charge is -2.15. The van der Waals surface area contributed by atoms with Crippen molar-refractivity contribution in [3.8, 4) is 5.75 Å². The largest absolute Gasteiger partial charge is 0.495 e. The second-order valence-electron chi connectivity index (χ2n) is 5.99. The van der Waals surface area contributed by atoms with E-state index in [4.69, 9.17) is 21.1 Å². The van der Waals surface area contributed by atoms with E-state index in [1.807, 2.05) is 6.92 Å². The first-order valence-electron chi connectivity index (χ1n) is 8.61. The zero-order chi connectivity index (χ0) is 20.3. The molecule has 0 bridgehead atoms. The van der Waals surface area contributed by atoms with Gasteiger partial charge in [-0.3, -0.25) is 4.79 Å². The topological polar surface area (TPSA) is 95.3 Å². The Hall–Kier alpha value is -3.13. The number of ether oxygens (including phenoxy) is 2. The third kappa shape index (κ3) is 4.07. The summed E-state index contributed by atoms with van der Waals surface area (Å²) in [6.07, 6.45) is -1.03. The Morgan fingerprint density at radius 3 is 2.75 bits per heavy atom. The maximum atomic E-state index is 12.4. The van der Waals surface area contributed by atoms with Crippen LogP contribution in [0, 0.1) is 0 Å². The average Bonchev–Trinajstić information content (AvgIpc) is 3.10. The number of aryl methyl sites for hydroxylation is 1. The van der Waals surface area contributed by atoms with Crippen molar-refractivity contribution in [2.24, 2.45) is 0 Å². The number of amides is 1. The van der Waals surface area contributed by atoms with Crippen LogP contribution in [-0.4, -0.2) is 40.1 Å². The van der Waals surface area contributed by atoms with Crippen LogP contribution in [0.5, 0.6) is 5.75 Å². The number of fused-ring (bicyclic) bond motifs is 1. The summed E-state index contributed by atoms with van der Waals surface area (Å²) in [6.45, 7) is 4.10. The number of anilines is 1. The highest BCUT2D eigenvalue weighted by atomic mass is 35.5. The number of aromatic nitrogens is 3. The molecule has 1 N–H and O–H groups in total. The maximum Gasteiger partial charge on any atom is 0.338 e. The van der Waals surface area contributed by atoms with Crippen LogP contribution in [0.25, 0.3) is 11.0 Å². The third-order valence-corrected chi connectivity index (χ3v) is 4.36. The number of nitrogens with one attached hydrogen (secondary N) is 1. The molecular weight excluding hydrogens is 384 g/mol. The Kier molecular flexibility index (Phi) is 5.79. The molecule has 1 aromatic heterocycles. The summed E-state index contributed by atoms with van der Waals surface area (Å²) in [5, 5.41) is 11.1. The lowest BCUT2D eigenvalue weighted by Crippen LogP contribution is -2.30. The highest BCUT2D eigenvalue weighted by molar-refractivity contribution is 6.31. The summed E-state index contributed by atoms with van der Waals surface area (Å²) in [5.74, 6) is -0.693. The molecular formula is C19H19ClN4O4. The quantitative estimate of drug-likeness (QED) is 0.635. The van der Waals surface area contributed by atoms with E-state index in [-0.39, 0.29) is 5.56 Å². The Bertz CT molecular complexity index is 1030. The molecule has 0 saturated heterocycles. The number of methoxy groups -OCH3 is 1. The monoisotopic (exact) mass is 402 g/mol. The SMILES string of the molecule is CCn1nnc2cc(C(=O)OC(C)C(=O)Nc3cc(Cl)ccc3OC)ccc21. The van der Waals surface area contributed by atoms with Gasteiger partial charge in [0.15, 0.2) is 6.10 Å². The van der Waals surface area contributed by atoms with Crippen LogP contribution >= 0.6 is 11.6 Å². The van der Waals surface area contributed by atoms with Crippen LogP contribution in [0.3, 0.4) is 0 Å². The molecule has 0 radical (unpaired) electrons. The second-order valence-corrected chi connectivity index (χ2v) is 6.43. The first-order valence-corrected chi connectivity index (χ1v) is 8.99. The molecule has 1 amide bonds. The summed E-state index contributed by atoms with van der Waals surface area (Å²) in [5.41, 5.74) is 2.08. The molecule has 2 aromatic carbocycles. The van der Waals surface area contributed by atoms with E-state index in [0.29, 0.717) is 28.5 Å². The minimum absolute atomic E-state index is 0.288. The standard InChI is InChI=1S/C19H19ClN4O4/c1-4-24-16-7-5-12(9-14(16)22-23-24)19(26)28-11(2)18(25)21-15-10-13(20)6-8-17(15)27-3/h5-11H,4H2,1-3H3,(H,21,25). The van der Waals surface area contributed by atoms with Crippen LogP contribution in [0.1, 0.15) is 24.2 Å². The summed E-state index contributed by atoms with van der Waals surface area (Å²) in [7, 11) is 1.48. The predicted octanol–water partition coefficient (Wildman–Crippen LogP) is 3.30. The van der Waals surface area contributed by atoms with Gasteiger partial charge in [-0.1, -0.05) is 16.8 Å². The number of esters is 1. The maximum absolute atomic E-state index is 12.4. The second kappa shape index (κ2) is 8.26. The molecule has 146 valence electrons. The lowest BCUT2D eigenvalue weighted by molar-refractivity contribution is -0.123. The van der Waals surface area contributed by atoms with Crippen LogP contribution in [-0.2, 0) is 16.1 Å². The minimum Gasteiger partial charge on any atom is -0.495 e. The van der Waals surface area contributed by atoms with Crippen molar-refractivity contribution in [2.75, 3.05) is 12.4 Å². The van der Waals surface area contributed by atoms with Crippen LogP contribution in [0.2, 0.25) is 5.02 Å². The molecule has 1 unspecified atom stereocenters. The number of hydrogen-bond donors (Lipinski definition) is 1. The minimum atomic E-state index is -1.03. The molecule has 3 aromatic rings. The highest BCUT2D eigenvalue weighted by Gasteiger charge is 2.21. The number of carbonyl (C=O) groups is 2. The Morgan fingerprint density at radius 2 is 2.04 bits per heavy atom. The summed E-state index contributed by atoms with van der Waals surface area (Å²) in [4.78, 5) is 24.8. The van der Waals surface area contributed by atoms with Gasteiger partial charge in [0.1, 0.15) is 11.3 Å². The molecule has 1 heterocycles. The van der Waals surface area contributed by atoms with Gasteiger partial charge in [0, 0.05) is 11.6 Å². The Balaban J connectivity index is 1.70. The molecule has 1 atom stereocenters. The number of carbonyl (C=O) groups excluding carboxylic acids is 2. The van der Waals surface area contributed by atoms with Gasteiger partial charge in [-0.05, 0) is 50.2 Å². The van der Waals surface area contributed by atoms with Crippen molar-refractivity contribution >= 4 is 40.2 Å². The fraction of sp³-hybridized carbons (Fsp3) is 0.263. The molecule has 0 fully saturated rings. The number of benzene rings is 2. The number of hydrogen-bond acceptors (Lipinski definition) is 6. The van der Waals surface area contributed by atoms with Gasteiger partial charge in [-0.15, -0.1) is 5.10 Å². The fourth-order valence-electron chi connectivity index (χ4n) is 2.63. The van der Waals surface area contributed by atoms with E-state index < -0.39 is 18.0 Å². The van der Waals surface area contributed by atoms with E-state index in [0.717, 1.165) is 5.52 Å². The van der Waals surface area contributed by atoms with Crippen LogP contribution < -0.4 is 10.1 Å². The first-order chi connectivity index (χ1) is 13.4. The molecule has 0 aliphatic carbocycles. The fourth-order valence-corrected chi connectivity index (χ4v) is 2.80. The number of rotatable bonds is 6. The molecule has 9 heteroatoms. The molecule has 0 aliphatic rings. The average molecular weight is 403 g/mol. The van der Waals surface area contributed by atoms with Gasteiger partial charge in [-0.2, -0.15) is 0 Å².